The molecule has 0 bridgehead atoms. The smallest absolute Gasteiger partial charge is 0.316 e. The monoisotopic (exact) mass is 243 g/mol. The third kappa shape index (κ3) is 2.66. The van der Waals surface area contributed by atoms with E-state index in [9.17, 15) is 26.3 Å². The third-order valence-electron chi connectivity index (χ3n) is 1.97. The molecule has 16 heavy (non-hydrogen) atoms. The van der Waals surface area contributed by atoms with Gasteiger partial charge < -0.3 is 5.73 Å². The number of hydrogen-bond donors (Lipinski definition) is 1. The van der Waals surface area contributed by atoms with Crippen LogP contribution in [-0.2, 0) is 0 Å². The van der Waals surface area contributed by atoms with Crippen LogP contribution in [-0.4, -0.2) is 6.18 Å². The van der Waals surface area contributed by atoms with E-state index in [-0.39, 0.29) is 0 Å². The lowest BCUT2D eigenvalue weighted by Gasteiger charge is -2.18. The molecule has 1 aromatic rings. The van der Waals surface area contributed by atoms with Crippen molar-refractivity contribution in [2.75, 3.05) is 0 Å². The Kier molecular flexibility index (Phi) is 3.47. The summed E-state index contributed by atoms with van der Waals surface area (Å²) < 4.78 is 74.1. The minimum atomic E-state index is -4.89. The fourth-order valence-corrected chi connectivity index (χ4v) is 1.19. The molecule has 0 radical (unpaired) electrons. The quantitative estimate of drug-likeness (QED) is 0.792. The van der Waals surface area contributed by atoms with Gasteiger partial charge in [0.2, 0.25) is 0 Å². The van der Waals surface area contributed by atoms with Crippen molar-refractivity contribution in [1.82, 2.24) is 0 Å². The normalized spacial score (nSPS) is 14.2. The molecule has 1 aromatic carbocycles. The van der Waals surface area contributed by atoms with E-state index in [1.165, 1.54) is 0 Å². The molecule has 0 saturated carbocycles. The molecule has 1 nitrogen and oxygen atoms in total. The Morgan fingerprint density at radius 2 is 1.62 bits per heavy atom. The van der Waals surface area contributed by atoms with Gasteiger partial charge in [0.15, 0.2) is 0 Å². The van der Waals surface area contributed by atoms with Crippen molar-refractivity contribution in [3.8, 4) is 0 Å². The first-order chi connectivity index (χ1) is 7.23. The van der Waals surface area contributed by atoms with Crippen LogP contribution in [0.1, 0.15) is 23.6 Å². The minimum Gasteiger partial charge on any atom is -0.316 e. The molecule has 0 aliphatic heterocycles. The van der Waals surface area contributed by atoms with Gasteiger partial charge >= 0.3 is 6.18 Å². The summed E-state index contributed by atoms with van der Waals surface area (Å²) in [6.07, 6.45) is -8.03. The van der Waals surface area contributed by atoms with E-state index >= 15 is 0 Å². The lowest BCUT2D eigenvalue weighted by molar-refractivity contribution is -0.149. The molecule has 0 spiro atoms. The van der Waals surface area contributed by atoms with E-state index in [1.54, 1.807) is 0 Å². The zero-order chi connectivity index (χ0) is 12.5. The number of halogens is 6. The van der Waals surface area contributed by atoms with Crippen molar-refractivity contribution < 1.29 is 26.3 Å². The van der Waals surface area contributed by atoms with E-state index in [1.807, 2.05) is 0 Å². The second-order valence-electron chi connectivity index (χ2n) is 3.09. The highest BCUT2D eigenvalue weighted by molar-refractivity contribution is 5.32. The third-order valence-corrected chi connectivity index (χ3v) is 1.97. The van der Waals surface area contributed by atoms with Crippen LogP contribution < -0.4 is 5.73 Å². The second-order valence-corrected chi connectivity index (χ2v) is 3.09. The van der Waals surface area contributed by atoms with Gasteiger partial charge in [-0.2, -0.15) is 13.2 Å². The van der Waals surface area contributed by atoms with Gasteiger partial charge in [0, 0.05) is 5.56 Å². The zero-order valence-corrected chi connectivity index (χ0v) is 7.73. The Balaban J connectivity index is 3.25. The molecule has 0 unspecified atom stereocenters. The Morgan fingerprint density at radius 1 is 1.06 bits per heavy atom. The average Bonchev–Trinajstić information content (AvgIpc) is 2.14. The summed E-state index contributed by atoms with van der Waals surface area (Å²) in [5.41, 5.74) is 2.90. The summed E-state index contributed by atoms with van der Waals surface area (Å²) in [5.74, 6) is -1.04. The highest BCUT2D eigenvalue weighted by Crippen LogP contribution is 2.35. The largest absolute Gasteiger partial charge is 0.407 e. The molecule has 0 fully saturated rings. The fourth-order valence-electron chi connectivity index (χ4n) is 1.19. The number of benzene rings is 1. The van der Waals surface area contributed by atoms with Crippen molar-refractivity contribution in [2.45, 2.75) is 18.6 Å². The molecular formula is C9H7F6N. The van der Waals surface area contributed by atoms with E-state index < -0.39 is 35.6 Å². The molecule has 90 valence electrons. The molecule has 0 aliphatic carbocycles. The molecule has 2 N–H and O–H groups in total. The average molecular weight is 243 g/mol. The van der Waals surface area contributed by atoms with Crippen LogP contribution >= 0.6 is 0 Å². The fraction of sp³-hybridized carbons (Fsp3) is 0.333. The zero-order valence-electron chi connectivity index (χ0n) is 7.73. The Morgan fingerprint density at radius 3 is 2.06 bits per heavy atom. The van der Waals surface area contributed by atoms with Gasteiger partial charge in [0.25, 0.3) is 6.43 Å². The molecular weight excluding hydrogens is 236 g/mol. The van der Waals surface area contributed by atoms with Gasteiger partial charge in [-0.25, -0.2) is 13.2 Å². The molecule has 0 heterocycles. The Bertz CT molecular complexity index is 373. The lowest BCUT2D eigenvalue weighted by Crippen LogP contribution is -2.29. The molecule has 0 aliphatic rings. The van der Waals surface area contributed by atoms with Crippen LogP contribution in [0.15, 0.2) is 18.2 Å². The predicted molar refractivity (Wildman–Crippen MR) is 44.3 cm³/mol. The van der Waals surface area contributed by atoms with Gasteiger partial charge in [0.05, 0.1) is 0 Å². The number of nitrogens with two attached hydrogens (primary N) is 1. The summed E-state index contributed by atoms with van der Waals surface area (Å²) in [6.45, 7) is 0. The maximum absolute atomic E-state index is 12.7. The van der Waals surface area contributed by atoms with Crippen LogP contribution in [0.2, 0.25) is 0 Å². The van der Waals surface area contributed by atoms with Crippen molar-refractivity contribution in [1.29, 1.82) is 0 Å². The van der Waals surface area contributed by atoms with Crippen LogP contribution in [0.5, 0.6) is 0 Å². The van der Waals surface area contributed by atoms with Gasteiger partial charge in [0.1, 0.15) is 11.9 Å². The van der Waals surface area contributed by atoms with Gasteiger partial charge in [-0.3, -0.25) is 0 Å². The standard InChI is InChI=1S/C9H7F6N/c10-4-1-2-5(8(11)12)6(3-4)7(16)9(13,14)15/h1-3,7-8H,16H2/t7-/m1/s1. The number of alkyl halides is 5. The van der Waals surface area contributed by atoms with E-state index in [2.05, 4.69) is 0 Å². The minimum absolute atomic E-state index is 0.375. The lowest BCUT2D eigenvalue weighted by atomic mass is 10.0. The van der Waals surface area contributed by atoms with Gasteiger partial charge in [-0.05, 0) is 17.7 Å². The summed E-state index contributed by atoms with van der Waals surface area (Å²) in [7, 11) is 0. The summed E-state index contributed by atoms with van der Waals surface area (Å²) >= 11 is 0. The van der Waals surface area contributed by atoms with Crippen LogP contribution in [0.25, 0.3) is 0 Å². The number of hydrogen-bond acceptors (Lipinski definition) is 1. The van der Waals surface area contributed by atoms with E-state index in [4.69, 9.17) is 5.73 Å². The molecule has 0 aromatic heterocycles. The maximum Gasteiger partial charge on any atom is 0.407 e. The molecule has 0 amide bonds. The van der Waals surface area contributed by atoms with Crippen molar-refractivity contribution in [3.05, 3.63) is 35.1 Å². The SMILES string of the molecule is N[C@H](c1cc(F)ccc1C(F)F)C(F)(F)F. The molecule has 0 saturated heterocycles. The highest BCUT2D eigenvalue weighted by atomic mass is 19.4. The number of rotatable bonds is 2. The first kappa shape index (κ1) is 12.8. The summed E-state index contributed by atoms with van der Waals surface area (Å²) in [5, 5.41) is 0. The molecule has 7 heteroatoms. The Hall–Kier alpha value is -1.24. The first-order valence-corrected chi connectivity index (χ1v) is 4.13. The predicted octanol–water partition coefficient (Wildman–Crippen LogP) is 3.33. The van der Waals surface area contributed by atoms with Crippen LogP contribution in [0.4, 0.5) is 26.3 Å². The van der Waals surface area contributed by atoms with Crippen LogP contribution in [0, 0.1) is 5.82 Å². The van der Waals surface area contributed by atoms with E-state index in [0.717, 1.165) is 0 Å². The second kappa shape index (κ2) is 4.32. The van der Waals surface area contributed by atoms with E-state index in [0.29, 0.717) is 18.2 Å². The van der Waals surface area contributed by atoms with Crippen LogP contribution in [0.3, 0.4) is 0 Å². The first-order valence-electron chi connectivity index (χ1n) is 4.13. The van der Waals surface area contributed by atoms with Gasteiger partial charge in [-0.1, -0.05) is 6.07 Å². The van der Waals surface area contributed by atoms with Crippen molar-refractivity contribution in [2.24, 2.45) is 5.73 Å². The van der Waals surface area contributed by atoms with Crippen molar-refractivity contribution in [3.63, 3.8) is 0 Å². The molecule has 1 atom stereocenters. The van der Waals surface area contributed by atoms with Crippen molar-refractivity contribution >= 4 is 0 Å². The molecule has 1 rings (SSSR count). The van der Waals surface area contributed by atoms with Gasteiger partial charge in [-0.15, -0.1) is 0 Å². The summed E-state index contributed by atoms with van der Waals surface area (Å²) in [4.78, 5) is 0. The Labute approximate surface area is 86.9 Å². The summed E-state index contributed by atoms with van der Waals surface area (Å²) in [6, 6.07) is -0.985. The highest BCUT2D eigenvalue weighted by Gasteiger charge is 2.40. The maximum atomic E-state index is 12.7. The topological polar surface area (TPSA) is 26.0 Å².